The first-order chi connectivity index (χ1) is 9.13. The number of nitrogens with zero attached hydrogens (tertiary/aromatic N) is 3. The molecule has 0 amide bonds. The van der Waals surface area contributed by atoms with E-state index in [1.54, 1.807) is 0 Å². The van der Waals surface area contributed by atoms with Gasteiger partial charge in [-0.1, -0.05) is 26.7 Å². The molecule has 108 valence electrons. The first-order valence-corrected chi connectivity index (χ1v) is 7.19. The molecule has 0 atom stereocenters. The molecule has 1 aromatic heterocycles. The van der Waals surface area contributed by atoms with E-state index in [4.69, 9.17) is 5.84 Å². The van der Waals surface area contributed by atoms with Gasteiger partial charge in [-0.15, -0.1) is 0 Å². The monoisotopic (exact) mass is 265 g/mol. The van der Waals surface area contributed by atoms with Gasteiger partial charge in [0, 0.05) is 25.6 Å². The van der Waals surface area contributed by atoms with Crippen LogP contribution in [-0.2, 0) is 6.42 Å². The Morgan fingerprint density at radius 2 is 1.89 bits per heavy atom. The fourth-order valence-corrected chi connectivity index (χ4v) is 2.10. The summed E-state index contributed by atoms with van der Waals surface area (Å²) in [5, 5.41) is 0. The topological polar surface area (TPSA) is 67.1 Å². The number of anilines is 2. The van der Waals surface area contributed by atoms with Crippen molar-refractivity contribution in [3.63, 3.8) is 0 Å². The van der Waals surface area contributed by atoms with Crippen LogP contribution in [0.15, 0.2) is 0 Å². The molecule has 0 saturated heterocycles. The zero-order valence-electron chi connectivity index (χ0n) is 12.7. The van der Waals surface area contributed by atoms with Crippen LogP contribution < -0.4 is 16.2 Å². The van der Waals surface area contributed by atoms with Crippen molar-refractivity contribution in [3.05, 3.63) is 11.4 Å². The SMILES string of the molecule is CCCCCN(C)c1nc(CCC)nc(NN)c1C. The van der Waals surface area contributed by atoms with Crippen molar-refractivity contribution < 1.29 is 0 Å². The lowest BCUT2D eigenvalue weighted by Gasteiger charge is -2.22. The number of hydrogen-bond donors (Lipinski definition) is 2. The van der Waals surface area contributed by atoms with Crippen LogP contribution >= 0.6 is 0 Å². The number of nitrogens with two attached hydrogens (primary N) is 1. The Morgan fingerprint density at radius 1 is 1.16 bits per heavy atom. The van der Waals surface area contributed by atoms with E-state index in [1.807, 2.05) is 6.92 Å². The summed E-state index contributed by atoms with van der Waals surface area (Å²) >= 11 is 0. The van der Waals surface area contributed by atoms with E-state index in [9.17, 15) is 0 Å². The number of aryl methyl sites for hydroxylation is 1. The third-order valence-corrected chi connectivity index (χ3v) is 3.24. The van der Waals surface area contributed by atoms with E-state index in [0.717, 1.165) is 42.4 Å². The van der Waals surface area contributed by atoms with Gasteiger partial charge in [-0.25, -0.2) is 15.8 Å². The number of hydrogen-bond acceptors (Lipinski definition) is 5. The molecular weight excluding hydrogens is 238 g/mol. The molecule has 0 fully saturated rings. The normalized spacial score (nSPS) is 10.6. The maximum atomic E-state index is 5.55. The van der Waals surface area contributed by atoms with Crippen LogP contribution in [-0.4, -0.2) is 23.6 Å². The molecule has 0 aliphatic rings. The smallest absolute Gasteiger partial charge is 0.148 e. The van der Waals surface area contributed by atoms with Gasteiger partial charge in [0.2, 0.25) is 0 Å². The molecule has 19 heavy (non-hydrogen) atoms. The number of unbranched alkanes of at least 4 members (excludes halogenated alkanes) is 2. The maximum absolute atomic E-state index is 5.55. The van der Waals surface area contributed by atoms with Crippen LogP contribution in [0.4, 0.5) is 11.6 Å². The third-order valence-electron chi connectivity index (χ3n) is 3.24. The summed E-state index contributed by atoms with van der Waals surface area (Å²) in [7, 11) is 2.08. The van der Waals surface area contributed by atoms with Crippen LogP contribution in [0.25, 0.3) is 0 Å². The molecule has 0 spiro atoms. The summed E-state index contributed by atoms with van der Waals surface area (Å²) in [6.07, 6.45) is 5.58. The Kier molecular flexibility index (Phi) is 6.56. The summed E-state index contributed by atoms with van der Waals surface area (Å²) in [4.78, 5) is 11.3. The summed E-state index contributed by atoms with van der Waals surface area (Å²) in [6, 6.07) is 0. The standard InChI is InChI=1S/C14H27N5/c1-5-7-8-10-19(4)14-11(3)13(18-15)16-12(17-14)9-6-2/h5-10,15H2,1-4H3,(H,16,17,18). The highest BCUT2D eigenvalue weighted by molar-refractivity contribution is 5.57. The van der Waals surface area contributed by atoms with E-state index in [0.29, 0.717) is 0 Å². The van der Waals surface area contributed by atoms with Crippen molar-refractivity contribution in [2.45, 2.75) is 52.9 Å². The zero-order chi connectivity index (χ0) is 14.3. The quantitative estimate of drug-likeness (QED) is 0.430. The van der Waals surface area contributed by atoms with Gasteiger partial charge >= 0.3 is 0 Å². The van der Waals surface area contributed by atoms with Crippen LogP contribution in [0, 0.1) is 6.92 Å². The second-order valence-corrected chi connectivity index (χ2v) is 4.96. The molecule has 3 N–H and O–H groups in total. The Balaban J connectivity index is 2.93. The van der Waals surface area contributed by atoms with Crippen molar-refractivity contribution in [3.8, 4) is 0 Å². The van der Waals surface area contributed by atoms with Crippen LogP contribution in [0.3, 0.4) is 0 Å². The van der Waals surface area contributed by atoms with Gasteiger partial charge in [0.25, 0.3) is 0 Å². The fraction of sp³-hybridized carbons (Fsp3) is 0.714. The largest absolute Gasteiger partial charge is 0.359 e. The van der Waals surface area contributed by atoms with Crippen LogP contribution in [0.1, 0.15) is 50.9 Å². The Labute approximate surface area is 116 Å². The lowest BCUT2D eigenvalue weighted by atomic mass is 10.2. The van der Waals surface area contributed by atoms with Gasteiger partial charge in [-0.05, 0) is 19.8 Å². The summed E-state index contributed by atoms with van der Waals surface area (Å²) in [5.41, 5.74) is 3.69. The average molecular weight is 265 g/mol. The minimum atomic E-state index is 0.732. The van der Waals surface area contributed by atoms with Gasteiger partial charge in [-0.3, -0.25) is 0 Å². The molecule has 0 aromatic carbocycles. The molecular formula is C14H27N5. The van der Waals surface area contributed by atoms with Gasteiger partial charge in [0.05, 0.1) is 0 Å². The first-order valence-electron chi connectivity index (χ1n) is 7.19. The third kappa shape index (κ3) is 4.35. The number of nitrogen functional groups attached to an aromatic ring is 1. The highest BCUT2D eigenvalue weighted by atomic mass is 15.3. The fourth-order valence-electron chi connectivity index (χ4n) is 2.10. The predicted molar refractivity (Wildman–Crippen MR) is 81.4 cm³/mol. The van der Waals surface area contributed by atoms with Crippen molar-refractivity contribution in [1.29, 1.82) is 0 Å². The minimum absolute atomic E-state index is 0.732. The maximum Gasteiger partial charge on any atom is 0.148 e. The lowest BCUT2D eigenvalue weighted by Crippen LogP contribution is -2.23. The van der Waals surface area contributed by atoms with E-state index >= 15 is 0 Å². The summed E-state index contributed by atoms with van der Waals surface area (Å²) < 4.78 is 0. The summed E-state index contributed by atoms with van der Waals surface area (Å²) in [5.74, 6) is 8.13. The molecule has 0 aliphatic heterocycles. The Hall–Kier alpha value is -1.36. The molecule has 0 radical (unpaired) electrons. The van der Waals surface area contributed by atoms with Crippen molar-refractivity contribution >= 4 is 11.6 Å². The second kappa shape index (κ2) is 7.94. The highest BCUT2D eigenvalue weighted by Crippen LogP contribution is 2.23. The van der Waals surface area contributed by atoms with E-state index in [1.165, 1.54) is 19.3 Å². The number of aromatic nitrogens is 2. The number of nitrogens with one attached hydrogen (secondary N) is 1. The van der Waals surface area contributed by atoms with Crippen molar-refractivity contribution in [2.75, 3.05) is 23.9 Å². The minimum Gasteiger partial charge on any atom is -0.359 e. The summed E-state index contributed by atoms with van der Waals surface area (Å²) in [6.45, 7) is 7.37. The lowest BCUT2D eigenvalue weighted by molar-refractivity contribution is 0.696. The highest BCUT2D eigenvalue weighted by Gasteiger charge is 2.13. The van der Waals surface area contributed by atoms with E-state index < -0.39 is 0 Å². The number of rotatable bonds is 8. The van der Waals surface area contributed by atoms with E-state index in [-0.39, 0.29) is 0 Å². The Morgan fingerprint density at radius 3 is 2.47 bits per heavy atom. The molecule has 5 nitrogen and oxygen atoms in total. The second-order valence-electron chi connectivity index (χ2n) is 4.96. The predicted octanol–water partition coefficient (Wildman–Crippen LogP) is 2.65. The first kappa shape index (κ1) is 15.7. The molecule has 0 aliphatic carbocycles. The zero-order valence-corrected chi connectivity index (χ0v) is 12.7. The molecule has 0 unspecified atom stereocenters. The average Bonchev–Trinajstić information content (AvgIpc) is 2.41. The van der Waals surface area contributed by atoms with Crippen molar-refractivity contribution in [2.24, 2.45) is 5.84 Å². The van der Waals surface area contributed by atoms with Gasteiger partial charge in [0.15, 0.2) is 0 Å². The molecule has 5 heteroatoms. The van der Waals surface area contributed by atoms with Crippen LogP contribution in [0.5, 0.6) is 0 Å². The molecule has 1 aromatic rings. The van der Waals surface area contributed by atoms with Gasteiger partial charge in [-0.2, -0.15) is 0 Å². The molecule has 1 heterocycles. The number of hydrazine groups is 1. The molecule has 1 rings (SSSR count). The molecule has 0 bridgehead atoms. The van der Waals surface area contributed by atoms with Gasteiger partial charge in [0.1, 0.15) is 17.5 Å². The van der Waals surface area contributed by atoms with Crippen LogP contribution in [0.2, 0.25) is 0 Å². The Bertz CT molecular complexity index is 392. The van der Waals surface area contributed by atoms with E-state index in [2.05, 4.69) is 41.2 Å². The van der Waals surface area contributed by atoms with Crippen molar-refractivity contribution in [1.82, 2.24) is 9.97 Å². The van der Waals surface area contributed by atoms with Gasteiger partial charge < -0.3 is 10.3 Å². The molecule has 0 saturated carbocycles.